The number of halogens is 2. The lowest BCUT2D eigenvalue weighted by molar-refractivity contribution is 0.347. The molecule has 0 saturated heterocycles. The Balaban J connectivity index is 2.42. The summed E-state index contributed by atoms with van der Waals surface area (Å²) < 4.78 is 43.5. The van der Waals surface area contributed by atoms with Crippen molar-refractivity contribution in [2.24, 2.45) is 5.73 Å². The molecule has 2 aromatic carbocycles. The molecular formula is C18H21F2NO3. The molecule has 2 aromatic rings. The van der Waals surface area contributed by atoms with E-state index < -0.39 is 17.6 Å². The molecule has 0 radical (unpaired) electrons. The Labute approximate surface area is 140 Å². The van der Waals surface area contributed by atoms with Crippen LogP contribution < -0.4 is 19.9 Å². The molecule has 1 atom stereocenters. The Hall–Kier alpha value is -2.34. The summed E-state index contributed by atoms with van der Waals surface area (Å²) in [6.07, 6.45) is 0.375. The van der Waals surface area contributed by atoms with Gasteiger partial charge in [0.05, 0.1) is 21.3 Å². The van der Waals surface area contributed by atoms with Gasteiger partial charge in [-0.05, 0) is 48.4 Å². The highest BCUT2D eigenvalue weighted by Crippen LogP contribution is 2.37. The standard InChI is InChI=1S/C18H21F2NO3/c1-22-16-9-18(24-3)17(23-2)7-11(16)6-12(10-21)14-8-13(19)4-5-15(14)20/h4-5,7-9,12H,6,10,21H2,1-3H3. The van der Waals surface area contributed by atoms with Gasteiger partial charge in [0.1, 0.15) is 17.4 Å². The third-order valence-electron chi connectivity index (χ3n) is 3.94. The predicted octanol–water partition coefficient (Wildman–Crippen LogP) is 3.28. The summed E-state index contributed by atoms with van der Waals surface area (Å²) in [4.78, 5) is 0. The van der Waals surface area contributed by atoms with Crippen LogP contribution in [0.5, 0.6) is 17.2 Å². The quantitative estimate of drug-likeness (QED) is 0.842. The monoisotopic (exact) mass is 337 g/mol. The van der Waals surface area contributed by atoms with Crippen LogP contribution >= 0.6 is 0 Å². The van der Waals surface area contributed by atoms with E-state index in [9.17, 15) is 8.78 Å². The SMILES string of the molecule is COc1cc(OC)c(OC)cc1CC(CN)c1cc(F)ccc1F. The maximum Gasteiger partial charge on any atom is 0.164 e. The molecule has 24 heavy (non-hydrogen) atoms. The Bertz CT molecular complexity index is 707. The summed E-state index contributed by atoms with van der Waals surface area (Å²) in [6.45, 7) is 0.165. The summed E-state index contributed by atoms with van der Waals surface area (Å²) in [6, 6.07) is 6.84. The highest BCUT2D eigenvalue weighted by Gasteiger charge is 2.20. The highest BCUT2D eigenvalue weighted by molar-refractivity contribution is 5.51. The van der Waals surface area contributed by atoms with E-state index in [0.717, 1.165) is 17.7 Å². The number of rotatable bonds is 7. The number of nitrogens with two attached hydrogens (primary N) is 1. The van der Waals surface area contributed by atoms with Gasteiger partial charge in [-0.2, -0.15) is 0 Å². The zero-order valence-electron chi connectivity index (χ0n) is 13.9. The second-order valence-corrected chi connectivity index (χ2v) is 5.32. The van der Waals surface area contributed by atoms with Crippen molar-refractivity contribution in [3.63, 3.8) is 0 Å². The average molecular weight is 337 g/mol. The highest BCUT2D eigenvalue weighted by atomic mass is 19.1. The van der Waals surface area contributed by atoms with Crippen molar-refractivity contribution in [2.45, 2.75) is 12.3 Å². The molecule has 1 unspecified atom stereocenters. The minimum atomic E-state index is -0.496. The molecule has 0 bridgehead atoms. The maximum atomic E-state index is 14.1. The van der Waals surface area contributed by atoms with Crippen LogP contribution in [0.1, 0.15) is 17.0 Å². The number of hydrogen-bond acceptors (Lipinski definition) is 4. The topological polar surface area (TPSA) is 53.7 Å². The van der Waals surface area contributed by atoms with Crippen LogP contribution in [0, 0.1) is 11.6 Å². The van der Waals surface area contributed by atoms with Gasteiger partial charge in [-0.1, -0.05) is 0 Å². The number of ether oxygens (including phenoxy) is 3. The van der Waals surface area contributed by atoms with Gasteiger partial charge in [-0.15, -0.1) is 0 Å². The van der Waals surface area contributed by atoms with Crippen LogP contribution in [0.4, 0.5) is 8.78 Å². The fourth-order valence-corrected chi connectivity index (χ4v) is 2.67. The van der Waals surface area contributed by atoms with Gasteiger partial charge in [0.15, 0.2) is 11.5 Å². The molecule has 0 heterocycles. The Morgan fingerprint density at radius 3 is 2.12 bits per heavy atom. The normalized spacial score (nSPS) is 11.9. The molecule has 0 aliphatic rings. The number of hydrogen-bond donors (Lipinski definition) is 1. The molecule has 0 aromatic heterocycles. The van der Waals surface area contributed by atoms with E-state index in [1.807, 2.05) is 0 Å². The first-order valence-corrected chi connectivity index (χ1v) is 7.47. The number of benzene rings is 2. The molecule has 0 spiro atoms. The first-order valence-electron chi connectivity index (χ1n) is 7.47. The minimum Gasteiger partial charge on any atom is -0.496 e. The second-order valence-electron chi connectivity index (χ2n) is 5.32. The first kappa shape index (κ1) is 18.0. The van der Waals surface area contributed by atoms with Gasteiger partial charge in [0.25, 0.3) is 0 Å². The zero-order valence-corrected chi connectivity index (χ0v) is 13.9. The van der Waals surface area contributed by atoms with E-state index >= 15 is 0 Å². The van der Waals surface area contributed by atoms with Gasteiger partial charge in [0, 0.05) is 12.0 Å². The second kappa shape index (κ2) is 7.97. The smallest absolute Gasteiger partial charge is 0.164 e. The molecule has 4 nitrogen and oxygen atoms in total. The fourth-order valence-electron chi connectivity index (χ4n) is 2.67. The van der Waals surface area contributed by atoms with E-state index in [0.29, 0.717) is 23.7 Å². The maximum absolute atomic E-state index is 14.1. The van der Waals surface area contributed by atoms with Crippen molar-refractivity contribution in [1.82, 2.24) is 0 Å². The Morgan fingerprint density at radius 2 is 1.54 bits per heavy atom. The van der Waals surface area contributed by atoms with E-state index in [2.05, 4.69) is 0 Å². The van der Waals surface area contributed by atoms with Crippen LogP contribution in [0.3, 0.4) is 0 Å². The number of methoxy groups -OCH3 is 3. The molecule has 0 aliphatic carbocycles. The van der Waals surface area contributed by atoms with Crippen LogP contribution in [0.25, 0.3) is 0 Å². The molecule has 6 heteroatoms. The van der Waals surface area contributed by atoms with Gasteiger partial charge in [0.2, 0.25) is 0 Å². The lowest BCUT2D eigenvalue weighted by Crippen LogP contribution is -2.17. The van der Waals surface area contributed by atoms with Gasteiger partial charge in [-0.3, -0.25) is 0 Å². The lowest BCUT2D eigenvalue weighted by Gasteiger charge is -2.19. The molecule has 130 valence electrons. The van der Waals surface area contributed by atoms with Gasteiger partial charge in [-0.25, -0.2) is 8.78 Å². The van der Waals surface area contributed by atoms with Crippen molar-refractivity contribution in [3.05, 3.63) is 53.1 Å². The summed E-state index contributed by atoms with van der Waals surface area (Å²) >= 11 is 0. The van der Waals surface area contributed by atoms with Crippen molar-refractivity contribution in [1.29, 1.82) is 0 Å². The van der Waals surface area contributed by atoms with Crippen LogP contribution in [0.2, 0.25) is 0 Å². The molecule has 2 N–H and O–H groups in total. The minimum absolute atomic E-state index is 0.165. The van der Waals surface area contributed by atoms with Crippen LogP contribution in [-0.4, -0.2) is 27.9 Å². The van der Waals surface area contributed by atoms with E-state index in [1.165, 1.54) is 27.4 Å². The van der Waals surface area contributed by atoms with E-state index in [1.54, 1.807) is 12.1 Å². The largest absolute Gasteiger partial charge is 0.496 e. The predicted molar refractivity (Wildman–Crippen MR) is 88.0 cm³/mol. The third kappa shape index (κ3) is 3.76. The summed E-state index contributed by atoms with van der Waals surface area (Å²) in [7, 11) is 4.59. The van der Waals surface area contributed by atoms with Gasteiger partial charge < -0.3 is 19.9 Å². The molecule has 0 saturated carbocycles. The van der Waals surface area contributed by atoms with Crippen molar-refractivity contribution in [3.8, 4) is 17.2 Å². The fraction of sp³-hybridized carbons (Fsp3) is 0.333. The summed E-state index contributed by atoms with van der Waals surface area (Å²) in [5.41, 5.74) is 6.82. The molecule has 0 aliphatic heterocycles. The molecule has 0 fully saturated rings. The molecule has 2 rings (SSSR count). The van der Waals surface area contributed by atoms with Crippen molar-refractivity contribution >= 4 is 0 Å². The van der Waals surface area contributed by atoms with Crippen molar-refractivity contribution < 1.29 is 23.0 Å². The Kier molecular flexibility index (Phi) is 5.98. The van der Waals surface area contributed by atoms with E-state index in [-0.39, 0.29) is 12.1 Å². The summed E-state index contributed by atoms with van der Waals surface area (Å²) in [5.74, 6) is 0.258. The average Bonchev–Trinajstić information content (AvgIpc) is 2.61. The Morgan fingerprint density at radius 1 is 0.917 bits per heavy atom. The van der Waals surface area contributed by atoms with Gasteiger partial charge >= 0.3 is 0 Å². The van der Waals surface area contributed by atoms with E-state index in [4.69, 9.17) is 19.9 Å². The lowest BCUT2D eigenvalue weighted by atomic mass is 9.91. The molecule has 0 amide bonds. The molecular weight excluding hydrogens is 316 g/mol. The van der Waals surface area contributed by atoms with Crippen LogP contribution in [-0.2, 0) is 6.42 Å². The zero-order chi connectivity index (χ0) is 17.7. The van der Waals surface area contributed by atoms with Crippen LogP contribution in [0.15, 0.2) is 30.3 Å². The van der Waals surface area contributed by atoms with Crippen molar-refractivity contribution in [2.75, 3.05) is 27.9 Å². The third-order valence-corrected chi connectivity index (χ3v) is 3.94. The summed E-state index contributed by atoms with van der Waals surface area (Å²) in [5, 5.41) is 0. The first-order chi connectivity index (χ1) is 11.5.